The third kappa shape index (κ3) is 7.60. The summed E-state index contributed by atoms with van der Waals surface area (Å²) in [6.07, 6.45) is 10.5. The van der Waals surface area contributed by atoms with Crippen LogP contribution in [0.15, 0.2) is 24.3 Å². The number of methoxy groups -OCH3 is 1. The number of rotatable bonds is 15. The van der Waals surface area contributed by atoms with Gasteiger partial charge < -0.3 is 9.53 Å². The second-order valence-corrected chi connectivity index (χ2v) is 8.36. The Morgan fingerprint density at radius 2 is 1.32 bits per heavy atom. The number of hydrogen-bond acceptors (Lipinski definition) is 5. The summed E-state index contributed by atoms with van der Waals surface area (Å²) in [5.74, 6) is -0.534. The third-order valence-corrected chi connectivity index (χ3v) is 5.92. The van der Waals surface area contributed by atoms with Gasteiger partial charge in [0.1, 0.15) is 5.78 Å². The number of carbonyl (C=O) groups excluding carboxylic acids is 4. The second kappa shape index (κ2) is 13.0. The van der Waals surface area contributed by atoms with E-state index in [0.717, 1.165) is 57.8 Å². The molecule has 6 heteroatoms. The van der Waals surface area contributed by atoms with Crippen LogP contribution >= 0.6 is 0 Å². The minimum Gasteiger partial charge on any atom is -0.469 e. The average molecular weight is 430 g/mol. The molecule has 1 aliphatic rings. The Morgan fingerprint density at radius 1 is 0.806 bits per heavy atom. The van der Waals surface area contributed by atoms with Gasteiger partial charge in [0.05, 0.1) is 18.2 Å². The van der Waals surface area contributed by atoms with E-state index >= 15 is 0 Å². The first-order valence-corrected chi connectivity index (χ1v) is 11.5. The van der Waals surface area contributed by atoms with E-state index in [-0.39, 0.29) is 29.6 Å². The summed E-state index contributed by atoms with van der Waals surface area (Å²) < 4.78 is 4.64. The number of ether oxygens (including phenoxy) is 1. The van der Waals surface area contributed by atoms with Gasteiger partial charge in [0.15, 0.2) is 0 Å². The monoisotopic (exact) mass is 429 g/mol. The van der Waals surface area contributed by atoms with E-state index in [0.29, 0.717) is 30.4 Å². The molecule has 1 heterocycles. The van der Waals surface area contributed by atoms with Crippen LogP contribution in [0, 0.1) is 0 Å². The van der Waals surface area contributed by atoms with Crippen LogP contribution in [0.1, 0.15) is 105 Å². The molecule has 0 saturated heterocycles. The zero-order valence-corrected chi connectivity index (χ0v) is 18.9. The van der Waals surface area contributed by atoms with Crippen molar-refractivity contribution in [3.63, 3.8) is 0 Å². The quantitative estimate of drug-likeness (QED) is 0.220. The highest BCUT2D eigenvalue weighted by molar-refractivity contribution is 6.21. The van der Waals surface area contributed by atoms with Crippen LogP contribution in [0.4, 0.5) is 0 Å². The average Bonchev–Trinajstić information content (AvgIpc) is 3.01. The fraction of sp³-hybridized carbons (Fsp3) is 0.600. The molecule has 0 bridgehead atoms. The number of ketones is 1. The molecule has 1 aliphatic heterocycles. The number of benzene rings is 1. The lowest BCUT2D eigenvalue weighted by Gasteiger charge is -2.26. The smallest absolute Gasteiger partial charge is 0.305 e. The number of carbonyl (C=O) groups is 4. The van der Waals surface area contributed by atoms with Crippen molar-refractivity contribution in [2.24, 2.45) is 0 Å². The summed E-state index contributed by atoms with van der Waals surface area (Å²) in [5, 5.41) is 0. The predicted octanol–water partition coefficient (Wildman–Crippen LogP) is 5.09. The number of imide groups is 1. The van der Waals surface area contributed by atoms with Crippen molar-refractivity contribution < 1.29 is 23.9 Å². The van der Waals surface area contributed by atoms with E-state index in [4.69, 9.17) is 0 Å². The van der Waals surface area contributed by atoms with Gasteiger partial charge in [0.25, 0.3) is 11.8 Å². The molecule has 1 atom stereocenters. The molecule has 1 aromatic carbocycles. The first-order valence-electron chi connectivity index (χ1n) is 11.5. The van der Waals surface area contributed by atoms with E-state index in [9.17, 15) is 19.2 Å². The van der Waals surface area contributed by atoms with Gasteiger partial charge in [-0.25, -0.2) is 0 Å². The zero-order valence-electron chi connectivity index (χ0n) is 18.9. The summed E-state index contributed by atoms with van der Waals surface area (Å²) in [5.41, 5.74) is 0.931. The fourth-order valence-corrected chi connectivity index (χ4v) is 4.12. The molecule has 6 nitrogen and oxygen atoms in total. The van der Waals surface area contributed by atoms with E-state index in [1.165, 1.54) is 12.0 Å². The van der Waals surface area contributed by atoms with Gasteiger partial charge in [-0.3, -0.25) is 19.3 Å². The van der Waals surface area contributed by atoms with E-state index in [1.807, 2.05) is 0 Å². The Labute approximate surface area is 185 Å². The van der Waals surface area contributed by atoms with Crippen molar-refractivity contribution in [2.75, 3.05) is 7.11 Å². The summed E-state index contributed by atoms with van der Waals surface area (Å²) in [6.45, 7) is 1.55. The lowest BCUT2D eigenvalue weighted by Crippen LogP contribution is -2.40. The maximum Gasteiger partial charge on any atom is 0.305 e. The highest BCUT2D eigenvalue weighted by atomic mass is 16.5. The number of unbranched alkanes of at least 4 members (excludes halogenated alkanes) is 7. The van der Waals surface area contributed by atoms with Gasteiger partial charge in [0.2, 0.25) is 0 Å². The Kier molecular flexibility index (Phi) is 10.4. The minimum atomic E-state index is -0.235. The Bertz CT molecular complexity index is 738. The van der Waals surface area contributed by atoms with E-state index in [2.05, 4.69) is 4.74 Å². The molecule has 170 valence electrons. The Hall–Kier alpha value is -2.50. The van der Waals surface area contributed by atoms with E-state index < -0.39 is 0 Å². The number of amides is 2. The fourth-order valence-electron chi connectivity index (χ4n) is 4.12. The van der Waals surface area contributed by atoms with Gasteiger partial charge in [-0.1, -0.05) is 57.1 Å². The van der Waals surface area contributed by atoms with Crippen LogP contribution in [0.5, 0.6) is 0 Å². The number of nitrogens with zero attached hydrogens (tertiary/aromatic N) is 1. The van der Waals surface area contributed by atoms with Gasteiger partial charge in [0, 0.05) is 18.9 Å². The van der Waals surface area contributed by atoms with Crippen LogP contribution in [-0.4, -0.2) is 41.6 Å². The maximum atomic E-state index is 12.8. The molecule has 0 aromatic heterocycles. The number of Topliss-reactive ketones (excluding diaryl/α,β-unsaturated/α-hetero) is 1. The van der Waals surface area contributed by atoms with Crippen molar-refractivity contribution in [1.29, 1.82) is 0 Å². The topological polar surface area (TPSA) is 80.8 Å². The lowest BCUT2D eigenvalue weighted by molar-refractivity contribution is -0.140. The minimum absolute atomic E-state index is 0.0776. The molecule has 0 saturated carbocycles. The van der Waals surface area contributed by atoms with Crippen LogP contribution in [0.3, 0.4) is 0 Å². The van der Waals surface area contributed by atoms with Crippen LogP contribution in [0.25, 0.3) is 0 Å². The largest absolute Gasteiger partial charge is 0.469 e. The maximum absolute atomic E-state index is 12.8. The van der Waals surface area contributed by atoms with Crippen molar-refractivity contribution in [3.05, 3.63) is 35.4 Å². The summed E-state index contributed by atoms with van der Waals surface area (Å²) in [7, 11) is 1.42. The molecular formula is C25H35NO5. The number of fused-ring (bicyclic) bond motifs is 1. The first kappa shape index (κ1) is 24.8. The zero-order chi connectivity index (χ0) is 22.6. The van der Waals surface area contributed by atoms with Crippen LogP contribution in [-0.2, 0) is 14.3 Å². The van der Waals surface area contributed by atoms with Crippen molar-refractivity contribution in [3.8, 4) is 0 Å². The highest BCUT2D eigenvalue weighted by Gasteiger charge is 2.39. The molecule has 0 N–H and O–H groups in total. The molecule has 1 aromatic rings. The van der Waals surface area contributed by atoms with Crippen LogP contribution < -0.4 is 0 Å². The van der Waals surface area contributed by atoms with Crippen molar-refractivity contribution >= 4 is 23.6 Å². The Balaban J connectivity index is 1.73. The summed E-state index contributed by atoms with van der Waals surface area (Å²) in [6, 6.07) is 6.71. The molecule has 0 aliphatic carbocycles. The molecule has 31 heavy (non-hydrogen) atoms. The van der Waals surface area contributed by atoms with Gasteiger partial charge in [-0.15, -0.1) is 0 Å². The van der Waals surface area contributed by atoms with E-state index in [1.54, 1.807) is 31.2 Å². The second-order valence-electron chi connectivity index (χ2n) is 8.36. The third-order valence-electron chi connectivity index (χ3n) is 5.92. The summed E-state index contributed by atoms with van der Waals surface area (Å²) >= 11 is 0. The van der Waals surface area contributed by atoms with Crippen molar-refractivity contribution in [2.45, 2.75) is 90.0 Å². The molecule has 0 fully saturated rings. The van der Waals surface area contributed by atoms with Gasteiger partial charge >= 0.3 is 5.97 Å². The standard InChI is InChI=1S/C25H35NO5/c1-19(27)17-18-20(26-24(29)21-14-11-12-15-22(21)25(26)30)13-9-7-5-3-4-6-8-10-16-23(28)31-2/h11-12,14-15,20H,3-10,13,16-18H2,1-2H3. The predicted molar refractivity (Wildman–Crippen MR) is 119 cm³/mol. The molecule has 2 amide bonds. The summed E-state index contributed by atoms with van der Waals surface area (Å²) in [4.78, 5) is 49.6. The molecule has 0 spiro atoms. The SMILES string of the molecule is COC(=O)CCCCCCCCCCC(CCC(C)=O)N1C(=O)c2ccccc2C1=O. The van der Waals surface area contributed by atoms with Crippen LogP contribution in [0.2, 0.25) is 0 Å². The highest BCUT2D eigenvalue weighted by Crippen LogP contribution is 2.28. The lowest BCUT2D eigenvalue weighted by atomic mass is 9.99. The molecule has 1 unspecified atom stereocenters. The first-order chi connectivity index (χ1) is 15.0. The van der Waals surface area contributed by atoms with Crippen molar-refractivity contribution in [1.82, 2.24) is 4.90 Å². The normalized spacial score (nSPS) is 13.9. The van der Waals surface area contributed by atoms with Gasteiger partial charge in [-0.05, 0) is 38.3 Å². The molecule has 0 radical (unpaired) electrons. The number of hydrogen-bond donors (Lipinski definition) is 0. The molecule has 2 rings (SSSR count). The van der Waals surface area contributed by atoms with Gasteiger partial charge in [-0.2, -0.15) is 0 Å². The number of esters is 1. The molecular weight excluding hydrogens is 394 g/mol. The Morgan fingerprint density at radius 3 is 1.84 bits per heavy atom.